The van der Waals surface area contributed by atoms with Crippen LogP contribution in [0, 0.1) is 0 Å². The quantitative estimate of drug-likeness (QED) is 0.706. The topological polar surface area (TPSA) is 108 Å². The zero-order valence-electron chi connectivity index (χ0n) is 14.3. The van der Waals surface area contributed by atoms with Crippen LogP contribution in [0.25, 0.3) is 0 Å². The summed E-state index contributed by atoms with van der Waals surface area (Å²) in [6.07, 6.45) is 1.83. The number of fused-ring (bicyclic) bond motifs is 1. The third kappa shape index (κ3) is 7.23. The van der Waals surface area contributed by atoms with Crippen LogP contribution in [0.5, 0.6) is 0 Å². The highest BCUT2D eigenvalue weighted by Gasteiger charge is 2.25. The Hall–Kier alpha value is -2.41. The van der Waals surface area contributed by atoms with Crippen LogP contribution in [0.1, 0.15) is 54.3 Å². The summed E-state index contributed by atoms with van der Waals surface area (Å²) in [6, 6.07) is 6.74. The molecule has 1 aromatic carbocycles. The van der Waals surface area contributed by atoms with Gasteiger partial charge >= 0.3 is 6.09 Å². The highest BCUT2D eigenvalue weighted by molar-refractivity contribution is 6.21. The highest BCUT2D eigenvalue weighted by atomic mass is 16.6. The molecule has 0 aromatic heterocycles. The van der Waals surface area contributed by atoms with E-state index in [1.807, 2.05) is 0 Å². The number of hydrogen-bond acceptors (Lipinski definition) is 5. The number of rotatable bonds is 0. The molecular weight excluding hydrogens is 312 g/mol. The molecule has 1 aromatic rings. The van der Waals surface area contributed by atoms with Crippen LogP contribution in [-0.4, -0.2) is 36.7 Å². The van der Waals surface area contributed by atoms with Crippen LogP contribution in [0.15, 0.2) is 24.3 Å². The fourth-order valence-electron chi connectivity index (χ4n) is 1.93. The van der Waals surface area contributed by atoms with Gasteiger partial charge < -0.3 is 15.2 Å². The first-order valence-corrected chi connectivity index (χ1v) is 7.71. The molecule has 132 valence electrons. The molecule has 0 aliphatic carbocycles. The minimum absolute atomic E-state index is 0.300. The van der Waals surface area contributed by atoms with E-state index in [1.165, 1.54) is 12.8 Å². The molecule has 1 saturated heterocycles. The van der Waals surface area contributed by atoms with Crippen molar-refractivity contribution >= 4 is 17.9 Å². The first kappa shape index (κ1) is 19.6. The van der Waals surface area contributed by atoms with Gasteiger partial charge in [0.1, 0.15) is 5.60 Å². The van der Waals surface area contributed by atoms with Gasteiger partial charge in [0, 0.05) is 13.2 Å². The Labute approximate surface area is 141 Å². The molecule has 3 rings (SSSR count). The third-order valence-corrected chi connectivity index (χ3v) is 2.88. The van der Waals surface area contributed by atoms with E-state index in [9.17, 15) is 14.4 Å². The van der Waals surface area contributed by atoms with Gasteiger partial charge in [-0.3, -0.25) is 14.9 Å². The fraction of sp³-hybridized carbons (Fsp3) is 0.471. The van der Waals surface area contributed by atoms with Crippen LogP contribution < -0.4 is 11.1 Å². The maximum Gasteiger partial charge on any atom is 0.405 e. The molecule has 0 saturated carbocycles. The average Bonchev–Trinajstić information content (AvgIpc) is 3.11. The van der Waals surface area contributed by atoms with Crippen molar-refractivity contribution in [3.8, 4) is 0 Å². The molecule has 7 nitrogen and oxygen atoms in total. The van der Waals surface area contributed by atoms with Crippen molar-refractivity contribution in [2.45, 2.75) is 39.2 Å². The third-order valence-electron chi connectivity index (χ3n) is 2.88. The molecule has 0 spiro atoms. The number of carbonyl (C=O) groups excluding carboxylic acids is 3. The minimum atomic E-state index is -0.725. The van der Waals surface area contributed by atoms with Gasteiger partial charge in [0.2, 0.25) is 0 Å². The predicted molar refractivity (Wildman–Crippen MR) is 88.7 cm³/mol. The monoisotopic (exact) mass is 336 g/mol. The number of primary amides is 1. The fourth-order valence-corrected chi connectivity index (χ4v) is 1.93. The number of carbonyl (C=O) groups is 3. The van der Waals surface area contributed by atoms with E-state index < -0.39 is 11.7 Å². The number of nitrogens with one attached hydrogen (secondary N) is 1. The van der Waals surface area contributed by atoms with Crippen LogP contribution in [-0.2, 0) is 9.47 Å². The van der Waals surface area contributed by atoms with Crippen molar-refractivity contribution in [2.24, 2.45) is 5.73 Å². The smallest absolute Gasteiger partial charge is 0.405 e. The largest absolute Gasteiger partial charge is 0.444 e. The first-order valence-electron chi connectivity index (χ1n) is 7.71. The highest BCUT2D eigenvalue weighted by Crippen LogP contribution is 2.13. The Morgan fingerprint density at radius 1 is 1.08 bits per heavy atom. The molecule has 2 aliphatic heterocycles. The number of nitrogens with two attached hydrogens (primary N) is 1. The van der Waals surface area contributed by atoms with Crippen molar-refractivity contribution < 1.29 is 23.9 Å². The maximum absolute atomic E-state index is 10.9. The predicted octanol–water partition coefficient (Wildman–Crippen LogP) is 2.25. The molecule has 2 heterocycles. The number of imide groups is 1. The summed E-state index contributed by atoms with van der Waals surface area (Å²) in [5.41, 5.74) is 5.20. The molecule has 0 atom stereocenters. The minimum Gasteiger partial charge on any atom is -0.444 e. The van der Waals surface area contributed by atoms with Crippen LogP contribution in [0.2, 0.25) is 0 Å². The summed E-state index contributed by atoms with van der Waals surface area (Å²) in [7, 11) is 0. The first-order chi connectivity index (χ1) is 11.2. The van der Waals surface area contributed by atoms with Gasteiger partial charge in [-0.25, -0.2) is 4.79 Å². The molecule has 3 amide bonds. The van der Waals surface area contributed by atoms with Gasteiger partial charge in [0.15, 0.2) is 0 Å². The molecule has 2 aliphatic rings. The lowest BCUT2D eigenvalue weighted by molar-refractivity contribution is 0.0599. The van der Waals surface area contributed by atoms with E-state index in [1.54, 1.807) is 45.0 Å². The molecule has 7 heteroatoms. The second-order valence-corrected chi connectivity index (χ2v) is 6.18. The molecule has 24 heavy (non-hydrogen) atoms. The van der Waals surface area contributed by atoms with Gasteiger partial charge in [0.25, 0.3) is 11.8 Å². The van der Waals surface area contributed by atoms with Crippen LogP contribution in [0.3, 0.4) is 0 Å². The van der Waals surface area contributed by atoms with Crippen molar-refractivity contribution in [1.29, 1.82) is 0 Å². The summed E-state index contributed by atoms with van der Waals surface area (Å²) < 4.78 is 9.52. The van der Waals surface area contributed by atoms with Crippen molar-refractivity contribution in [3.63, 3.8) is 0 Å². The van der Waals surface area contributed by atoms with Crippen LogP contribution in [0.4, 0.5) is 4.79 Å². The van der Waals surface area contributed by atoms with Gasteiger partial charge in [-0.1, -0.05) is 12.1 Å². The number of ether oxygens (including phenoxy) is 2. The standard InChI is InChI=1S/C8H5NO2.C5H11NO2.C4H8O/c10-7-5-3-1-2-4-6(5)8(11)9-7;1-5(2,3)8-4(6)7;1-2-4-5-3-1/h1-4H,(H,9,10,11);1-3H3,(H2,6,7);1-4H2. The normalized spacial score (nSPS) is 15.3. The Bertz CT molecular complexity index is 548. The van der Waals surface area contributed by atoms with Gasteiger partial charge in [0.05, 0.1) is 11.1 Å². The zero-order valence-corrected chi connectivity index (χ0v) is 14.3. The summed E-state index contributed by atoms with van der Waals surface area (Å²) in [5, 5.41) is 2.20. The molecular formula is C17H24N2O5. The van der Waals surface area contributed by atoms with E-state index in [4.69, 9.17) is 10.5 Å². The van der Waals surface area contributed by atoms with Crippen molar-refractivity contribution in [1.82, 2.24) is 5.32 Å². The summed E-state index contributed by atoms with van der Waals surface area (Å²) in [5.74, 6) is -0.601. The van der Waals surface area contributed by atoms with Gasteiger partial charge in [-0.2, -0.15) is 0 Å². The lowest BCUT2D eigenvalue weighted by Gasteiger charge is -2.16. The Kier molecular flexibility index (Phi) is 7.38. The van der Waals surface area contributed by atoms with E-state index in [2.05, 4.69) is 10.1 Å². The van der Waals surface area contributed by atoms with Gasteiger partial charge in [-0.15, -0.1) is 0 Å². The van der Waals surface area contributed by atoms with Crippen molar-refractivity contribution in [2.75, 3.05) is 13.2 Å². The van der Waals surface area contributed by atoms with E-state index in [-0.39, 0.29) is 11.8 Å². The number of benzene rings is 1. The lowest BCUT2D eigenvalue weighted by Crippen LogP contribution is -2.27. The summed E-state index contributed by atoms with van der Waals surface area (Å²) >= 11 is 0. The Morgan fingerprint density at radius 2 is 1.54 bits per heavy atom. The van der Waals surface area contributed by atoms with E-state index in [0.29, 0.717) is 11.1 Å². The number of amides is 3. The maximum atomic E-state index is 10.9. The van der Waals surface area contributed by atoms with E-state index in [0.717, 1.165) is 13.2 Å². The molecule has 0 bridgehead atoms. The summed E-state index contributed by atoms with van der Waals surface area (Å²) in [6.45, 7) is 7.28. The SMILES string of the molecule is C1CCOC1.CC(C)(C)OC(N)=O.O=C1NC(=O)c2ccccc21. The van der Waals surface area contributed by atoms with E-state index >= 15 is 0 Å². The molecule has 0 unspecified atom stereocenters. The lowest BCUT2D eigenvalue weighted by atomic mass is 10.1. The Morgan fingerprint density at radius 3 is 1.79 bits per heavy atom. The average molecular weight is 336 g/mol. The molecule has 3 N–H and O–H groups in total. The van der Waals surface area contributed by atoms with Crippen LogP contribution >= 0.6 is 0 Å². The second kappa shape index (κ2) is 9.02. The van der Waals surface area contributed by atoms with Gasteiger partial charge in [-0.05, 0) is 45.7 Å². The second-order valence-electron chi connectivity index (χ2n) is 6.18. The summed E-state index contributed by atoms with van der Waals surface area (Å²) in [4.78, 5) is 31.9. The zero-order chi connectivity index (χ0) is 18.2. The Balaban J connectivity index is 0.000000195. The number of hydrogen-bond donors (Lipinski definition) is 2. The molecule has 1 fully saturated rings. The van der Waals surface area contributed by atoms with Crippen molar-refractivity contribution in [3.05, 3.63) is 35.4 Å². The molecule has 0 radical (unpaired) electrons.